The van der Waals surface area contributed by atoms with Gasteiger partial charge in [0.15, 0.2) is 5.17 Å². The van der Waals surface area contributed by atoms with Gasteiger partial charge < -0.3 is 5.32 Å². The smallest absolute Gasteiger partial charge is 0.301 e. The predicted octanol–water partition coefficient (Wildman–Crippen LogP) is 4.97. The molecule has 3 heterocycles. The molecule has 1 aliphatic heterocycles. The highest BCUT2D eigenvalue weighted by Gasteiger charge is 2.38. The van der Waals surface area contributed by atoms with Crippen LogP contribution in [-0.2, 0) is 30.2 Å². The van der Waals surface area contributed by atoms with E-state index in [1.54, 1.807) is 35.3 Å². The van der Waals surface area contributed by atoms with Crippen LogP contribution in [0.3, 0.4) is 0 Å². The average Bonchev–Trinajstić information content (AvgIpc) is 3.60. The van der Waals surface area contributed by atoms with Crippen LogP contribution < -0.4 is 5.32 Å². The topological polar surface area (TPSA) is 90.0 Å². The van der Waals surface area contributed by atoms with Crippen molar-refractivity contribution in [1.29, 1.82) is 0 Å². The largest absolute Gasteiger partial charge is 0.416 e. The highest BCUT2D eigenvalue weighted by molar-refractivity contribution is 8.18. The number of benzene rings is 2. The molecule has 1 aliphatic rings. The number of nitrogens with one attached hydrogen (secondary N) is 1. The number of aliphatic imine (C=N–C) groups is 1. The van der Waals surface area contributed by atoms with Gasteiger partial charge in [0.25, 0.3) is 5.91 Å². The van der Waals surface area contributed by atoms with E-state index in [9.17, 15) is 31.1 Å². The molecule has 0 unspecified atom stereocenters. The quantitative estimate of drug-likeness (QED) is 0.263. The van der Waals surface area contributed by atoms with Crippen molar-refractivity contribution < 1.29 is 31.1 Å². The van der Waals surface area contributed by atoms with Crippen LogP contribution in [0.2, 0.25) is 0 Å². The fourth-order valence-corrected chi connectivity index (χ4v) is 4.74. The maximum absolute atomic E-state index is 13.5. The summed E-state index contributed by atoms with van der Waals surface area (Å²) in [7, 11) is 0. The van der Waals surface area contributed by atoms with Crippen molar-refractivity contribution in [3.05, 3.63) is 82.4 Å². The van der Waals surface area contributed by atoms with E-state index in [2.05, 4.69) is 25.5 Å². The van der Waals surface area contributed by atoms with E-state index in [1.165, 1.54) is 29.0 Å². The van der Waals surface area contributed by atoms with Crippen LogP contribution in [-0.4, -0.2) is 42.2 Å². The summed E-state index contributed by atoms with van der Waals surface area (Å²) in [4.78, 5) is 20.9. The number of halogens is 6. The van der Waals surface area contributed by atoms with Crippen LogP contribution >= 0.6 is 11.8 Å². The second-order valence-corrected chi connectivity index (χ2v) is 9.43. The van der Waals surface area contributed by atoms with Crippen molar-refractivity contribution in [2.24, 2.45) is 4.99 Å². The number of thioether (sulfide) groups is 1. The first-order valence-corrected chi connectivity index (χ1v) is 12.1. The van der Waals surface area contributed by atoms with Crippen LogP contribution in [0.4, 0.5) is 26.3 Å². The molecule has 4 aromatic rings. The molecule has 15 heteroatoms. The first-order valence-electron chi connectivity index (χ1n) is 11.3. The number of aromatic nitrogens is 5. The summed E-state index contributed by atoms with van der Waals surface area (Å²) in [5, 5.41) is 11.8. The van der Waals surface area contributed by atoms with E-state index >= 15 is 0 Å². The number of amidine groups is 1. The Bertz CT molecular complexity index is 1590. The molecule has 1 saturated heterocycles. The van der Waals surface area contributed by atoms with Crippen LogP contribution in [0.1, 0.15) is 22.3 Å². The number of rotatable bonds is 6. The Kier molecular flexibility index (Phi) is 6.92. The Morgan fingerprint density at radius 2 is 1.85 bits per heavy atom. The number of carbonyl (C=O) groups is 1. The maximum atomic E-state index is 13.5. The summed E-state index contributed by atoms with van der Waals surface area (Å²) >= 11 is 1.17. The summed E-state index contributed by atoms with van der Waals surface area (Å²) in [6.07, 6.45) is -3.82. The molecule has 5 rings (SSSR count). The lowest BCUT2D eigenvalue weighted by Crippen LogP contribution is -2.20. The summed E-state index contributed by atoms with van der Waals surface area (Å²) in [5.41, 5.74) is -1.97. The highest BCUT2D eigenvalue weighted by atomic mass is 32.2. The van der Waals surface area contributed by atoms with E-state index in [4.69, 9.17) is 0 Å². The van der Waals surface area contributed by atoms with Gasteiger partial charge in [-0.15, -0.1) is 0 Å². The zero-order chi connectivity index (χ0) is 27.8. The number of hydrogen-bond donors (Lipinski definition) is 1. The molecule has 1 fully saturated rings. The van der Waals surface area contributed by atoms with Crippen LogP contribution in [0.15, 0.2) is 65.1 Å². The van der Waals surface area contributed by atoms with E-state index in [0.29, 0.717) is 45.7 Å². The molecule has 0 bridgehead atoms. The zero-order valence-electron chi connectivity index (χ0n) is 19.7. The van der Waals surface area contributed by atoms with Crippen LogP contribution in [0, 0.1) is 0 Å². The minimum atomic E-state index is -4.98. The molecule has 0 aliphatic carbocycles. The minimum absolute atomic E-state index is 0.113. The Morgan fingerprint density at radius 3 is 2.56 bits per heavy atom. The number of alkyl halides is 6. The zero-order valence-corrected chi connectivity index (χ0v) is 20.5. The monoisotopic (exact) mass is 565 g/mol. The molecule has 0 atom stereocenters. The summed E-state index contributed by atoms with van der Waals surface area (Å²) in [5.74, 6) is -0.322. The van der Waals surface area contributed by atoms with Gasteiger partial charge in [-0.3, -0.25) is 19.2 Å². The van der Waals surface area contributed by atoms with Crippen molar-refractivity contribution >= 4 is 39.8 Å². The van der Waals surface area contributed by atoms with Gasteiger partial charge in [-0.2, -0.15) is 36.5 Å². The second-order valence-electron chi connectivity index (χ2n) is 8.40. The lowest BCUT2D eigenvalue weighted by atomic mass is 10.0. The molecule has 1 amide bonds. The number of fused-ring (bicyclic) bond motifs is 1. The van der Waals surface area contributed by atoms with Gasteiger partial charge in [-0.1, -0.05) is 12.1 Å². The van der Waals surface area contributed by atoms with Gasteiger partial charge >= 0.3 is 12.4 Å². The Hall–Kier alpha value is -4.14. The van der Waals surface area contributed by atoms with E-state index < -0.39 is 23.5 Å². The van der Waals surface area contributed by atoms with Gasteiger partial charge in [0.1, 0.15) is 12.7 Å². The van der Waals surface area contributed by atoms with E-state index in [1.807, 2.05) is 0 Å². The molecule has 202 valence electrons. The van der Waals surface area contributed by atoms with Crippen LogP contribution in [0.25, 0.3) is 17.0 Å². The van der Waals surface area contributed by atoms with E-state index in [0.717, 1.165) is 6.07 Å². The Labute approximate surface area is 220 Å². The first kappa shape index (κ1) is 26.5. The molecule has 0 spiro atoms. The third kappa shape index (κ3) is 5.97. The summed E-state index contributed by atoms with van der Waals surface area (Å²) in [6, 6.07) is 6.55. The van der Waals surface area contributed by atoms with Crippen molar-refractivity contribution in [2.75, 3.05) is 6.54 Å². The van der Waals surface area contributed by atoms with Crippen molar-refractivity contribution in [2.45, 2.75) is 25.4 Å². The van der Waals surface area contributed by atoms with Crippen LogP contribution in [0.5, 0.6) is 0 Å². The van der Waals surface area contributed by atoms with Gasteiger partial charge in [0, 0.05) is 5.39 Å². The molecule has 1 N–H and O–H groups in total. The normalized spacial score (nSPS) is 16.5. The Balaban J connectivity index is 1.34. The lowest BCUT2D eigenvalue weighted by molar-refractivity contribution is -0.143. The fraction of sp³-hybridized carbons (Fsp3) is 0.208. The van der Waals surface area contributed by atoms with Gasteiger partial charge in [-0.25, -0.2) is 4.98 Å². The van der Waals surface area contributed by atoms with Gasteiger partial charge in [0.05, 0.1) is 47.4 Å². The van der Waals surface area contributed by atoms with Crippen molar-refractivity contribution in [3.63, 3.8) is 0 Å². The fourth-order valence-electron chi connectivity index (χ4n) is 3.89. The molecule has 8 nitrogen and oxygen atoms in total. The number of nitrogens with zero attached hydrogens (tertiary/aromatic N) is 6. The molecule has 0 saturated carbocycles. The average molecular weight is 566 g/mol. The Morgan fingerprint density at radius 1 is 1.03 bits per heavy atom. The third-order valence-corrected chi connectivity index (χ3v) is 6.68. The minimum Gasteiger partial charge on any atom is -0.301 e. The van der Waals surface area contributed by atoms with Crippen molar-refractivity contribution in [1.82, 2.24) is 29.9 Å². The van der Waals surface area contributed by atoms with Gasteiger partial charge in [0.2, 0.25) is 0 Å². The molecule has 0 radical (unpaired) electrons. The number of carbonyl (C=O) groups excluding carboxylic acids is 1. The summed E-state index contributed by atoms with van der Waals surface area (Å²) in [6.45, 7) is 0.500. The number of hydrogen-bond acceptors (Lipinski definition) is 6. The molecular weight excluding hydrogens is 548 g/mol. The third-order valence-electron chi connectivity index (χ3n) is 5.73. The second kappa shape index (κ2) is 10.2. The molecule has 2 aromatic carbocycles. The maximum Gasteiger partial charge on any atom is 0.416 e. The molecule has 2 aromatic heterocycles. The SMILES string of the molecule is O=C1NC(=NCCn2cncn2)S/C1=C\c1ccc2c(cnn2Cc2ccc(C(F)(F)F)cc2C(F)(F)F)c1. The van der Waals surface area contributed by atoms with Crippen molar-refractivity contribution in [3.8, 4) is 0 Å². The molecular formula is C24H17F6N7OS. The number of amides is 1. The standard InChI is InChI=1S/C24H17F6N7OS/c25-23(26,27)17-3-2-15(18(9-17)24(28,29)30)11-37-19-4-1-14(7-16(19)10-33-37)8-20-21(38)35-22(39-20)32-5-6-36-13-31-12-34-36/h1-4,7-10,12-13H,5-6,11H2,(H,32,35,38)/b20-8-. The summed E-state index contributed by atoms with van der Waals surface area (Å²) < 4.78 is 82.5. The lowest BCUT2D eigenvalue weighted by Gasteiger charge is -2.16. The predicted molar refractivity (Wildman–Crippen MR) is 131 cm³/mol. The molecule has 39 heavy (non-hydrogen) atoms. The van der Waals surface area contributed by atoms with Gasteiger partial charge in [-0.05, 0) is 53.2 Å². The first-order chi connectivity index (χ1) is 18.5. The van der Waals surface area contributed by atoms with E-state index in [-0.39, 0.29) is 24.1 Å². The highest BCUT2D eigenvalue weighted by Crippen LogP contribution is 2.38.